The Balaban J connectivity index is 0.000000143. The summed E-state index contributed by atoms with van der Waals surface area (Å²) in [5.41, 5.74) is 17.3. The molecule has 142 heavy (non-hydrogen) atoms. The van der Waals surface area contributed by atoms with E-state index >= 15 is 0 Å². The number of likely N-dealkylation sites (tertiary alicyclic amines) is 2. The predicted molar refractivity (Wildman–Crippen MR) is 535 cm³/mol. The molecule has 6 aliphatic rings. The van der Waals surface area contributed by atoms with Crippen molar-refractivity contribution in [1.82, 2.24) is 85.5 Å². The number of fused-ring (bicyclic) bond motifs is 4. The Kier molecular flexibility index (Phi) is 32.4. The van der Waals surface area contributed by atoms with Crippen LogP contribution in [0.4, 0.5) is 9.59 Å². The summed E-state index contributed by atoms with van der Waals surface area (Å²) in [4.78, 5) is 82.5. The lowest BCUT2D eigenvalue weighted by molar-refractivity contribution is -0.131. The van der Waals surface area contributed by atoms with E-state index in [2.05, 4.69) is 142 Å². The first kappa shape index (κ1) is 101. The van der Waals surface area contributed by atoms with Gasteiger partial charge in [-0.05, 0) is 277 Å². The number of hydrogen-bond donors (Lipinski definition) is 2. The van der Waals surface area contributed by atoms with Crippen LogP contribution >= 0.6 is 0 Å². The Morgan fingerprint density at radius 1 is 0.408 bits per heavy atom. The second-order valence-corrected chi connectivity index (χ2v) is 38.4. The molecular formula is C109H123N21O12. The van der Waals surface area contributed by atoms with Crippen LogP contribution in [-0.2, 0) is 35.3 Å². The molecule has 12 aromatic rings. The summed E-state index contributed by atoms with van der Waals surface area (Å²) >= 11 is 0. The lowest BCUT2D eigenvalue weighted by Crippen LogP contribution is -2.45. The second-order valence-electron chi connectivity index (χ2n) is 38.4. The number of rotatable bonds is 26. The molecule has 0 radical (unpaired) electrons. The zero-order valence-electron chi connectivity index (χ0n) is 83.8. The smallest absolute Gasteiger partial charge is 0.317 e. The fraction of sp³-hybridized carbons (Fsp3) is 0.413. The van der Waals surface area contributed by atoms with Crippen molar-refractivity contribution in [3.8, 4) is 139 Å². The summed E-state index contributed by atoms with van der Waals surface area (Å²) < 4.78 is 45.1. The summed E-state index contributed by atoms with van der Waals surface area (Å²) in [6.45, 7) is 24.4. The molecule has 0 saturated carbocycles. The molecule has 0 spiro atoms. The Morgan fingerprint density at radius 3 is 1.06 bits per heavy atom. The third kappa shape index (κ3) is 23.4. The van der Waals surface area contributed by atoms with E-state index in [-0.39, 0.29) is 72.5 Å². The topological polar surface area (TPSA) is 403 Å². The van der Waals surface area contributed by atoms with Gasteiger partial charge in [-0.2, -0.15) is 41.0 Å². The average Bonchev–Trinajstić information content (AvgIpc) is 1.74. The van der Waals surface area contributed by atoms with Gasteiger partial charge in [-0.25, -0.2) is 9.59 Å². The third-order valence-corrected chi connectivity index (χ3v) is 26.5. The minimum absolute atomic E-state index is 0.00681. The lowest BCUT2D eigenvalue weighted by atomic mass is 9.99. The monoisotopic (exact) mass is 1920 g/mol. The van der Waals surface area contributed by atoms with Crippen LogP contribution in [-0.4, -0.2) is 224 Å². The zero-order valence-corrected chi connectivity index (χ0v) is 83.8. The highest BCUT2D eigenvalue weighted by molar-refractivity contribution is 5.80. The number of ether oxygens (including phenoxy) is 4. The van der Waals surface area contributed by atoms with E-state index in [1.54, 1.807) is 86.5 Å². The normalized spacial score (nSPS) is 16.5. The van der Waals surface area contributed by atoms with Crippen molar-refractivity contribution in [3.05, 3.63) is 212 Å². The SMILES string of the molecule is CC(C)Oc1ccc(-c2nc(-c3cccc4c3CC[C@H]4N(C)CC(=O)N(C)C)no2)cc1C#N.CC(C)Oc1ccc(-c2nc(-c3cccc4c3CC[C@H]4NC(=O)N3CC[C@@H](N(C)C)C3)no2)cc1C#N.CC1CCN(C(=O)N[C@H]2CCc3c(-c4noc(-c5ccc(OC(C)C)c(C#N)c5)n4)cccc32)CC1.CCN(CC(=O)N(C)C)[C@@H]1CCc2c(-c3noc(-c4ccc(OC(C)C)c(C#N)c4)n3)cccc21. The van der Waals surface area contributed by atoms with Crippen LogP contribution in [0.5, 0.6) is 23.0 Å². The molecule has 0 unspecified atom stereocenters. The van der Waals surface area contributed by atoms with Crippen LogP contribution in [0.3, 0.4) is 0 Å². The first-order valence-corrected chi connectivity index (χ1v) is 48.7. The molecule has 4 aliphatic carbocycles. The van der Waals surface area contributed by atoms with Gasteiger partial charge in [0.15, 0.2) is 0 Å². The number of carbonyl (C=O) groups is 4. The van der Waals surface area contributed by atoms with Crippen molar-refractivity contribution in [1.29, 1.82) is 21.0 Å². The van der Waals surface area contributed by atoms with Crippen molar-refractivity contribution >= 4 is 23.9 Å². The molecule has 6 amide bonds. The van der Waals surface area contributed by atoms with E-state index in [1.165, 1.54) is 22.3 Å². The number of likely N-dealkylation sites (N-methyl/N-ethyl adjacent to an activating group) is 5. The van der Waals surface area contributed by atoms with Crippen molar-refractivity contribution in [2.24, 2.45) is 5.92 Å². The summed E-state index contributed by atoms with van der Waals surface area (Å²) in [5, 5.41) is 61.6. The van der Waals surface area contributed by atoms with Crippen LogP contribution < -0.4 is 29.6 Å². The maximum Gasteiger partial charge on any atom is 0.317 e. The van der Waals surface area contributed by atoms with Gasteiger partial charge in [-0.1, -0.05) is 107 Å². The van der Waals surface area contributed by atoms with Crippen molar-refractivity contribution in [2.45, 2.75) is 194 Å². The molecule has 2 aliphatic heterocycles. The van der Waals surface area contributed by atoms with E-state index < -0.39 is 0 Å². The van der Waals surface area contributed by atoms with Crippen LogP contribution in [0.1, 0.15) is 205 Å². The first-order valence-electron chi connectivity index (χ1n) is 48.7. The fourth-order valence-electron chi connectivity index (χ4n) is 19.0. The highest BCUT2D eigenvalue weighted by Gasteiger charge is 2.38. The Labute approximate surface area is 828 Å². The molecule has 4 aromatic heterocycles. The van der Waals surface area contributed by atoms with E-state index in [1.807, 2.05) is 145 Å². The molecule has 0 bridgehead atoms. The number of carbonyl (C=O) groups excluding carboxylic acids is 4. The summed E-state index contributed by atoms with van der Waals surface area (Å²) in [6.07, 6.45) is 9.93. The minimum atomic E-state index is -0.0427. The molecule has 2 saturated heterocycles. The maximum absolute atomic E-state index is 13.0. The summed E-state index contributed by atoms with van der Waals surface area (Å²) in [5.74, 6) is 6.40. The van der Waals surface area contributed by atoms with Crippen LogP contribution in [0.15, 0.2) is 164 Å². The van der Waals surface area contributed by atoms with Gasteiger partial charge >= 0.3 is 12.1 Å². The minimum Gasteiger partial charge on any atom is -0.490 e. The lowest BCUT2D eigenvalue weighted by Gasteiger charge is -2.31. The number of nitriles is 4. The second kappa shape index (κ2) is 45.4. The third-order valence-electron chi connectivity index (χ3n) is 26.5. The summed E-state index contributed by atoms with van der Waals surface area (Å²) in [6, 6.07) is 54.9. The van der Waals surface area contributed by atoms with E-state index in [9.17, 15) is 40.2 Å². The van der Waals surface area contributed by atoms with Gasteiger partial charge < -0.3 is 72.2 Å². The maximum atomic E-state index is 13.0. The van der Waals surface area contributed by atoms with Crippen LogP contribution in [0, 0.1) is 51.2 Å². The van der Waals surface area contributed by atoms with Gasteiger partial charge in [0, 0.05) is 117 Å². The molecule has 18 rings (SSSR count). The highest BCUT2D eigenvalue weighted by Crippen LogP contribution is 2.46. The largest absolute Gasteiger partial charge is 0.490 e. The number of hydrogen-bond acceptors (Lipinski definition) is 27. The van der Waals surface area contributed by atoms with Gasteiger partial charge in [-0.3, -0.25) is 19.4 Å². The van der Waals surface area contributed by atoms with Crippen LogP contribution in [0.2, 0.25) is 0 Å². The van der Waals surface area contributed by atoms with Gasteiger partial charge in [0.1, 0.15) is 47.3 Å². The molecule has 33 nitrogen and oxygen atoms in total. The van der Waals surface area contributed by atoms with E-state index in [0.717, 1.165) is 148 Å². The molecule has 2 N–H and O–H groups in total. The number of urea groups is 2. The number of nitrogens with zero attached hydrogens (tertiary/aromatic N) is 19. The highest BCUT2D eigenvalue weighted by atomic mass is 16.5. The Morgan fingerprint density at radius 2 is 0.725 bits per heavy atom. The molecule has 6 heterocycles. The van der Waals surface area contributed by atoms with Crippen LogP contribution in [0.25, 0.3) is 91.4 Å². The molecule has 2 fully saturated rings. The predicted octanol–water partition coefficient (Wildman–Crippen LogP) is 18.4. The quantitative estimate of drug-likeness (QED) is 0.0508. The number of aromatic nitrogens is 8. The van der Waals surface area contributed by atoms with Gasteiger partial charge in [-0.15, -0.1) is 0 Å². The molecule has 8 aromatic carbocycles. The first-order chi connectivity index (χ1) is 68.4. The van der Waals surface area contributed by atoms with Crippen molar-refractivity contribution in [2.75, 3.05) is 95.1 Å². The van der Waals surface area contributed by atoms with E-state index in [4.69, 9.17) is 37.0 Å². The van der Waals surface area contributed by atoms with Gasteiger partial charge in [0.2, 0.25) is 35.1 Å². The molecule has 33 heteroatoms. The number of benzene rings is 8. The fourth-order valence-corrected chi connectivity index (χ4v) is 19.0. The number of amides is 6. The average molecular weight is 1920 g/mol. The standard InChI is InChI=1S/C28H32N6O3.C28H31N5O3.C27H31N5O3.C26H29N5O3/c1-17(2)36-25-11-8-18(14-19(25)15-29)27-31-26(32-37-27)23-7-5-6-22-21(23)9-10-24(22)30-28(35)34-13-12-20(16-34)33(3)4;1-17(2)35-25-10-7-19(15-20(25)16-29)27-31-26(32-36-27)23-6-4-5-22-21(23)8-9-24(22)30-28(34)33-13-11-18(3)12-14-33;1-6-32(16-25(33)31(4)5)23-12-11-20-21(23)8-7-9-22(20)26-29-27(35-30-26)18-10-13-24(34-17(2)3)19(14-18)15-28;1-16(2)33-23-12-9-17(13-18(23)14-27)26-28-25(29-34-26)21-8-6-7-20-19(21)10-11-22(20)31(5)15-24(32)30(3)4/h5-8,11,14,17,20,24H,9-10,12-13,16H2,1-4H3,(H,30,35);4-7,10,15,17-18,24H,8-9,11-14H2,1-3H3,(H,30,34);7-10,13-14,17,23H,6,11-12,16H2,1-5H3;6-9,12-13,16,22H,10-11,15H2,1-5H3/t20-,24-;24-;23-;22-/m1011/s1. The number of piperidine rings is 1. The van der Waals surface area contributed by atoms with E-state index in [0.29, 0.717) is 139 Å². The van der Waals surface area contributed by atoms with Gasteiger partial charge in [0.05, 0.1) is 71.8 Å². The van der Waals surface area contributed by atoms with Crippen molar-refractivity contribution in [3.63, 3.8) is 0 Å². The molecule has 5 atom stereocenters. The number of nitrogens with one attached hydrogen (secondary N) is 2. The summed E-state index contributed by atoms with van der Waals surface area (Å²) in [7, 11) is 13.2. The Bertz CT molecular complexity index is 6730. The van der Waals surface area contributed by atoms with Crippen molar-refractivity contribution < 1.29 is 56.2 Å². The molecule has 736 valence electrons. The van der Waals surface area contributed by atoms with Gasteiger partial charge in [0.25, 0.3) is 23.6 Å². The zero-order chi connectivity index (χ0) is 101. The molecular weight excluding hydrogens is 1800 g/mol. The Hall–Kier alpha value is -15.2.